The number of nitrogens with zero attached hydrogens (tertiary/aromatic N) is 2. The number of carbonyl (C=O) groups excluding carboxylic acids is 1. The Morgan fingerprint density at radius 2 is 1.92 bits per heavy atom. The SMILES string of the molecule is CN(C)c1ccc(/C=N/NC(=O)C2CC(c3ccccc3Cl)NN2)cc1. The molecule has 2 unspecified atom stereocenters. The van der Waals surface area contributed by atoms with Crippen LogP contribution in [0.15, 0.2) is 53.6 Å². The second-order valence-corrected chi connectivity index (χ2v) is 6.78. The number of hydrogen-bond acceptors (Lipinski definition) is 5. The van der Waals surface area contributed by atoms with E-state index in [1.165, 1.54) is 0 Å². The topological polar surface area (TPSA) is 68.8 Å². The van der Waals surface area contributed by atoms with Crippen molar-refractivity contribution < 1.29 is 4.79 Å². The lowest BCUT2D eigenvalue weighted by molar-refractivity contribution is -0.122. The van der Waals surface area contributed by atoms with E-state index in [9.17, 15) is 4.79 Å². The third-order valence-corrected chi connectivity index (χ3v) is 4.64. The molecule has 3 N–H and O–H groups in total. The van der Waals surface area contributed by atoms with Crippen LogP contribution in [0.5, 0.6) is 0 Å². The van der Waals surface area contributed by atoms with E-state index in [4.69, 9.17) is 11.6 Å². The fourth-order valence-corrected chi connectivity index (χ4v) is 3.06. The van der Waals surface area contributed by atoms with Crippen LogP contribution in [0.4, 0.5) is 5.69 Å². The number of halogens is 1. The predicted octanol–water partition coefficient (Wildman–Crippen LogP) is 2.46. The molecule has 2 aromatic carbocycles. The molecule has 0 aliphatic carbocycles. The van der Waals surface area contributed by atoms with Crippen molar-refractivity contribution in [3.05, 3.63) is 64.7 Å². The molecule has 3 rings (SSSR count). The number of anilines is 1. The highest BCUT2D eigenvalue weighted by atomic mass is 35.5. The summed E-state index contributed by atoms with van der Waals surface area (Å²) in [5.41, 5.74) is 11.7. The smallest absolute Gasteiger partial charge is 0.258 e. The Morgan fingerprint density at radius 3 is 2.62 bits per heavy atom. The number of hydrazone groups is 1. The number of rotatable bonds is 5. The van der Waals surface area contributed by atoms with Crippen LogP contribution < -0.4 is 21.2 Å². The lowest BCUT2D eigenvalue weighted by atomic mass is 10.0. The first-order valence-electron chi connectivity index (χ1n) is 8.40. The minimum Gasteiger partial charge on any atom is -0.378 e. The third kappa shape index (κ3) is 4.40. The van der Waals surface area contributed by atoms with Crippen molar-refractivity contribution in [2.75, 3.05) is 19.0 Å². The van der Waals surface area contributed by atoms with Gasteiger partial charge in [0.2, 0.25) is 0 Å². The van der Waals surface area contributed by atoms with Crippen LogP contribution in [-0.4, -0.2) is 32.3 Å². The van der Waals surface area contributed by atoms with Gasteiger partial charge in [-0.25, -0.2) is 16.3 Å². The highest BCUT2D eigenvalue weighted by Crippen LogP contribution is 2.28. The molecule has 1 fully saturated rings. The number of hydrogen-bond donors (Lipinski definition) is 3. The standard InChI is InChI=1S/C19H22ClN5O/c1-25(2)14-9-7-13(8-10-14)12-21-24-19(26)18-11-17(22-23-18)15-5-3-4-6-16(15)20/h3-10,12,17-18,22-23H,11H2,1-2H3,(H,24,26)/b21-12+. The number of hydrazine groups is 1. The summed E-state index contributed by atoms with van der Waals surface area (Å²) >= 11 is 6.22. The summed E-state index contributed by atoms with van der Waals surface area (Å²) in [5, 5.41) is 4.73. The van der Waals surface area contributed by atoms with Gasteiger partial charge in [0, 0.05) is 30.8 Å². The summed E-state index contributed by atoms with van der Waals surface area (Å²) in [6.45, 7) is 0. The molecule has 0 spiro atoms. The molecule has 6 nitrogen and oxygen atoms in total. The van der Waals surface area contributed by atoms with Crippen LogP contribution in [0.2, 0.25) is 5.02 Å². The Hall–Kier alpha value is -2.41. The normalized spacial score (nSPS) is 19.7. The maximum atomic E-state index is 12.3. The molecule has 2 atom stereocenters. The molecule has 7 heteroatoms. The zero-order chi connectivity index (χ0) is 18.5. The van der Waals surface area contributed by atoms with E-state index < -0.39 is 0 Å². The molecule has 0 saturated carbocycles. The first-order chi connectivity index (χ1) is 12.5. The zero-order valence-electron chi connectivity index (χ0n) is 14.7. The van der Waals surface area contributed by atoms with E-state index in [0.717, 1.165) is 16.8 Å². The van der Waals surface area contributed by atoms with Crippen LogP contribution in [0.3, 0.4) is 0 Å². The van der Waals surface area contributed by atoms with Crippen molar-refractivity contribution in [2.45, 2.75) is 18.5 Å². The average molecular weight is 372 g/mol. The van der Waals surface area contributed by atoms with E-state index in [1.807, 2.05) is 67.5 Å². The summed E-state index contributed by atoms with van der Waals surface area (Å²) in [5.74, 6) is -0.187. The van der Waals surface area contributed by atoms with Crippen molar-refractivity contribution in [3.8, 4) is 0 Å². The van der Waals surface area contributed by atoms with Gasteiger partial charge >= 0.3 is 0 Å². The molecule has 136 valence electrons. The minimum absolute atomic E-state index is 0.0120. The second kappa shape index (κ2) is 8.31. The summed E-state index contributed by atoms with van der Waals surface area (Å²) in [4.78, 5) is 14.3. The monoisotopic (exact) mass is 371 g/mol. The largest absolute Gasteiger partial charge is 0.378 e. The molecule has 26 heavy (non-hydrogen) atoms. The predicted molar refractivity (Wildman–Crippen MR) is 105 cm³/mol. The van der Waals surface area contributed by atoms with Gasteiger partial charge in [0.25, 0.3) is 5.91 Å². The quantitative estimate of drug-likeness (QED) is 0.558. The first kappa shape index (κ1) is 18.4. The molecule has 0 aromatic heterocycles. The molecular weight excluding hydrogens is 350 g/mol. The van der Waals surface area contributed by atoms with Crippen molar-refractivity contribution >= 4 is 29.4 Å². The van der Waals surface area contributed by atoms with Crippen LogP contribution in [-0.2, 0) is 4.79 Å². The second-order valence-electron chi connectivity index (χ2n) is 6.37. The van der Waals surface area contributed by atoms with Crippen molar-refractivity contribution in [3.63, 3.8) is 0 Å². The first-order valence-corrected chi connectivity index (χ1v) is 8.78. The summed E-state index contributed by atoms with van der Waals surface area (Å²) < 4.78 is 0. The van der Waals surface area contributed by atoms with Crippen molar-refractivity contribution in [1.29, 1.82) is 0 Å². The zero-order valence-corrected chi connectivity index (χ0v) is 15.5. The molecule has 1 heterocycles. The minimum atomic E-state index is -0.371. The van der Waals surface area contributed by atoms with Crippen molar-refractivity contribution in [2.24, 2.45) is 5.10 Å². The van der Waals surface area contributed by atoms with E-state index in [-0.39, 0.29) is 18.0 Å². The van der Waals surface area contributed by atoms with Gasteiger partial charge in [0.15, 0.2) is 0 Å². The molecule has 0 bridgehead atoms. The van der Waals surface area contributed by atoms with Gasteiger partial charge in [0.05, 0.1) is 6.21 Å². The number of amides is 1. The molecule has 0 radical (unpaired) electrons. The van der Waals surface area contributed by atoms with Crippen LogP contribution in [0, 0.1) is 0 Å². The molecular formula is C19H22ClN5O. The van der Waals surface area contributed by atoms with Gasteiger partial charge in [-0.15, -0.1) is 0 Å². The Kier molecular flexibility index (Phi) is 5.88. The van der Waals surface area contributed by atoms with Crippen LogP contribution >= 0.6 is 11.6 Å². The summed E-state index contributed by atoms with van der Waals surface area (Å²) in [7, 11) is 3.98. The highest BCUT2D eigenvalue weighted by molar-refractivity contribution is 6.31. The summed E-state index contributed by atoms with van der Waals surface area (Å²) in [6, 6.07) is 15.1. The Balaban J connectivity index is 1.53. The summed E-state index contributed by atoms with van der Waals surface area (Å²) in [6.07, 6.45) is 2.23. The van der Waals surface area contributed by atoms with Gasteiger partial charge in [-0.2, -0.15) is 5.10 Å². The molecule has 1 amide bonds. The van der Waals surface area contributed by atoms with Gasteiger partial charge in [-0.1, -0.05) is 41.9 Å². The van der Waals surface area contributed by atoms with E-state index >= 15 is 0 Å². The number of nitrogens with one attached hydrogen (secondary N) is 3. The molecule has 1 aliphatic heterocycles. The average Bonchev–Trinajstić information content (AvgIpc) is 3.12. The van der Waals surface area contributed by atoms with Gasteiger partial charge < -0.3 is 4.90 Å². The Morgan fingerprint density at radius 1 is 1.19 bits per heavy atom. The maximum absolute atomic E-state index is 12.3. The van der Waals surface area contributed by atoms with E-state index in [0.29, 0.717) is 11.4 Å². The molecule has 2 aromatic rings. The van der Waals surface area contributed by atoms with E-state index in [1.54, 1.807) is 6.21 Å². The number of benzene rings is 2. The third-order valence-electron chi connectivity index (χ3n) is 4.30. The number of carbonyl (C=O) groups is 1. The van der Waals surface area contributed by atoms with E-state index in [2.05, 4.69) is 21.4 Å². The Labute approximate surface area is 158 Å². The van der Waals surface area contributed by atoms with Gasteiger partial charge in [-0.05, 0) is 35.7 Å². The van der Waals surface area contributed by atoms with Crippen molar-refractivity contribution in [1.82, 2.24) is 16.3 Å². The maximum Gasteiger partial charge on any atom is 0.258 e. The fourth-order valence-electron chi connectivity index (χ4n) is 2.80. The lowest BCUT2D eigenvalue weighted by Gasteiger charge is -2.11. The highest BCUT2D eigenvalue weighted by Gasteiger charge is 2.30. The molecule has 1 aliphatic rings. The fraction of sp³-hybridized carbons (Fsp3) is 0.263. The van der Waals surface area contributed by atoms with Gasteiger partial charge in [0.1, 0.15) is 6.04 Å². The van der Waals surface area contributed by atoms with Crippen LogP contribution in [0.25, 0.3) is 0 Å². The van der Waals surface area contributed by atoms with Crippen LogP contribution in [0.1, 0.15) is 23.6 Å². The lowest BCUT2D eigenvalue weighted by Crippen LogP contribution is -2.41. The molecule has 1 saturated heterocycles. The Bertz CT molecular complexity index is 791. The van der Waals surface area contributed by atoms with Gasteiger partial charge in [-0.3, -0.25) is 4.79 Å².